The molecular formula is C20H19FN4O2. The predicted octanol–water partition coefficient (Wildman–Crippen LogP) is 2.31. The Bertz CT molecular complexity index is 998. The average molecular weight is 366 g/mol. The summed E-state index contributed by atoms with van der Waals surface area (Å²) in [7, 11) is 1.85. The number of benzene rings is 1. The number of pyridine rings is 1. The topological polar surface area (TPSA) is 71.2 Å². The Kier molecular flexibility index (Phi) is 4.45. The second kappa shape index (κ2) is 6.92. The van der Waals surface area contributed by atoms with Crippen LogP contribution in [0, 0.1) is 5.82 Å². The van der Waals surface area contributed by atoms with Gasteiger partial charge in [-0.15, -0.1) is 0 Å². The van der Waals surface area contributed by atoms with Crippen molar-refractivity contribution in [3.63, 3.8) is 0 Å². The number of carbonyl (C=O) groups excluding carboxylic acids is 1. The number of hydrogen-bond donors (Lipinski definition) is 1. The molecule has 1 amide bonds. The maximum atomic E-state index is 13.9. The Balaban J connectivity index is 1.56. The van der Waals surface area contributed by atoms with E-state index in [1.165, 1.54) is 12.3 Å². The van der Waals surface area contributed by atoms with Crippen LogP contribution >= 0.6 is 0 Å². The van der Waals surface area contributed by atoms with Crippen LogP contribution in [0.25, 0.3) is 11.3 Å². The summed E-state index contributed by atoms with van der Waals surface area (Å²) < 4.78 is 15.7. The van der Waals surface area contributed by atoms with Crippen LogP contribution in [0.1, 0.15) is 27.3 Å². The monoisotopic (exact) mass is 366 g/mol. The Labute approximate surface area is 155 Å². The minimum absolute atomic E-state index is 0.0959. The lowest BCUT2D eigenvalue weighted by atomic mass is 10.0. The van der Waals surface area contributed by atoms with Crippen molar-refractivity contribution >= 4 is 5.91 Å². The summed E-state index contributed by atoms with van der Waals surface area (Å²) in [5.74, 6) is -0.491. The van der Waals surface area contributed by atoms with E-state index in [4.69, 9.17) is 0 Å². The number of aryl methyl sites for hydroxylation is 1. The molecule has 0 radical (unpaired) electrons. The zero-order chi connectivity index (χ0) is 19.0. The smallest absolute Gasteiger partial charge is 0.254 e. The van der Waals surface area contributed by atoms with E-state index < -0.39 is 5.82 Å². The van der Waals surface area contributed by atoms with Crippen molar-refractivity contribution < 1.29 is 14.3 Å². The maximum absolute atomic E-state index is 13.9. The van der Waals surface area contributed by atoms with Crippen LogP contribution in [0.3, 0.4) is 0 Å². The van der Waals surface area contributed by atoms with Gasteiger partial charge in [0.2, 0.25) is 0 Å². The molecule has 0 aliphatic carbocycles. The Morgan fingerprint density at radius 3 is 2.74 bits per heavy atom. The third-order valence-electron chi connectivity index (χ3n) is 4.93. The highest BCUT2D eigenvalue weighted by Crippen LogP contribution is 2.25. The summed E-state index contributed by atoms with van der Waals surface area (Å²) in [5, 5.41) is 13.8. The summed E-state index contributed by atoms with van der Waals surface area (Å²) in [6, 6.07) is 9.70. The first-order valence-electron chi connectivity index (χ1n) is 8.73. The van der Waals surface area contributed by atoms with Crippen molar-refractivity contribution in [1.82, 2.24) is 19.7 Å². The van der Waals surface area contributed by atoms with Gasteiger partial charge in [-0.25, -0.2) is 4.39 Å². The van der Waals surface area contributed by atoms with Gasteiger partial charge >= 0.3 is 0 Å². The van der Waals surface area contributed by atoms with Crippen LogP contribution in [0.15, 0.2) is 42.6 Å². The van der Waals surface area contributed by atoms with E-state index in [2.05, 4.69) is 10.1 Å². The normalized spacial score (nSPS) is 13.5. The lowest BCUT2D eigenvalue weighted by molar-refractivity contribution is 0.0732. The first kappa shape index (κ1) is 17.4. The number of hydrogen-bond acceptors (Lipinski definition) is 4. The molecule has 4 rings (SSSR count). The summed E-state index contributed by atoms with van der Waals surface area (Å²) >= 11 is 0. The minimum atomic E-state index is -0.395. The molecule has 3 heterocycles. The summed E-state index contributed by atoms with van der Waals surface area (Å²) in [5.41, 5.74) is 4.03. The van der Waals surface area contributed by atoms with E-state index in [1.807, 2.05) is 7.05 Å². The molecule has 0 saturated heterocycles. The number of carbonyl (C=O) groups is 1. The van der Waals surface area contributed by atoms with Crippen molar-refractivity contribution in [2.75, 3.05) is 6.54 Å². The van der Waals surface area contributed by atoms with Crippen molar-refractivity contribution in [2.45, 2.75) is 19.6 Å². The van der Waals surface area contributed by atoms with Crippen molar-refractivity contribution in [3.8, 4) is 11.3 Å². The zero-order valence-corrected chi connectivity index (χ0v) is 14.9. The van der Waals surface area contributed by atoms with Crippen LogP contribution in [0.4, 0.5) is 4.39 Å². The molecule has 3 aromatic rings. The third-order valence-corrected chi connectivity index (χ3v) is 4.93. The molecule has 1 aliphatic rings. The van der Waals surface area contributed by atoms with E-state index in [-0.39, 0.29) is 18.2 Å². The lowest BCUT2D eigenvalue weighted by Crippen LogP contribution is -2.36. The largest absolute Gasteiger partial charge is 0.390 e. The summed E-state index contributed by atoms with van der Waals surface area (Å²) in [6.45, 7) is 0.872. The molecule has 27 heavy (non-hydrogen) atoms. The van der Waals surface area contributed by atoms with E-state index in [9.17, 15) is 14.3 Å². The fourth-order valence-electron chi connectivity index (χ4n) is 3.52. The number of fused-ring (bicyclic) bond motifs is 1. The van der Waals surface area contributed by atoms with Gasteiger partial charge < -0.3 is 10.0 Å². The van der Waals surface area contributed by atoms with Crippen LogP contribution in [0.5, 0.6) is 0 Å². The van der Waals surface area contributed by atoms with E-state index in [1.54, 1.807) is 39.9 Å². The molecule has 0 atom stereocenters. The third kappa shape index (κ3) is 3.10. The molecule has 0 saturated carbocycles. The van der Waals surface area contributed by atoms with Gasteiger partial charge in [0.05, 0.1) is 12.3 Å². The highest BCUT2D eigenvalue weighted by atomic mass is 19.1. The molecular weight excluding hydrogens is 347 g/mol. The van der Waals surface area contributed by atoms with Gasteiger partial charge in [-0.2, -0.15) is 5.10 Å². The SMILES string of the molecule is Cn1nc(CO)c2c1CCN(C(=O)c1ccc(-c3ncccc3F)cc1)C2. The molecule has 7 heteroatoms. The van der Waals surface area contributed by atoms with Gasteiger partial charge in [0.15, 0.2) is 0 Å². The Morgan fingerprint density at radius 1 is 1.26 bits per heavy atom. The molecule has 1 N–H and O–H groups in total. The van der Waals surface area contributed by atoms with Gasteiger partial charge in [-0.05, 0) is 24.3 Å². The molecule has 0 spiro atoms. The quantitative estimate of drug-likeness (QED) is 0.772. The van der Waals surface area contributed by atoms with Gasteiger partial charge in [-0.3, -0.25) is 14.5 Å². The van der Waals surface area contributed by atoms with Crippen LogP contribution < -0.4 is 0 Å². The summed E-state index contributed by atoms with van der Waals surface area (Å²) in [4.78, 5) is 18.7. The van der Waals surface area contributed by atoms with E-state index >= 15 is 0 Å². The fourth-order valence-corrected chi connectivity index (χ4v) is 3.52. The maximum Gasteiger partial charge on any atom is 0.254 e. The van der Waals surface area contributed by atoms with Crippen LogP contribution in [-0.2, 0) is 26.6 Å². The van der Waals surface area contributed by atoms with Crippen molar-refractivity contribution in [2.24, 2.45) is 7.05 Å². The zero-order valence-electron chi connectivity index (χ0n) is 14.9. The minimum Gasteiger partial charge on any atom is -0.390 e. The molecule has 138 valence electrons. The van der Waals surface area contributed by atoms with E-state index in [0.717, 1.165) is 11.3 Å². The van der Waals surface area contributed by atoms with Gasteiger partial charge in [0.25, 0.3) is 5.91 Å². The van der Waals surface area contributed by atoms with Crippen LogP contribution in [-0.4, -0.2) is 37.2 Å². The first-order valence-corrected chi connectivity index (χ1v) is 8.73. The van der Waals surface area contributed by atoms with Gasteiger partial charge in [-0.1, -0.05) is 12.1 Å². The Morgan fingerprint density at radius 2 is 2.04 bits per heavy atom. The number of amides is 1. The molecule has 0 fully saturated rings. The Hall–Kier alpha value is -3.06. The molecule has 0 bridgehead atoms. The summed E-state index contributed by atoms with van der Waals surface area (Å²) in [6.07, 6.45) is 2.23. The number of rotatable bonds is 3. The van der Waals surface area contributed by atoms with Gasteiger partial charge in [0.1, 0.15) is 11.5 Å². The number of aromatic nitrogens is 3. The van der Waals surface area contributed by atoms with E-state index in [0.29, 0.717) is 36.3 Å². The molecule has 6 nitrogen and oxygen atoms in total. The van der Waals surface area contributed by atoms with Gasteiger partial charge in [0, 0.05) is 55.1 Å². The predicted molar refractivity (Wildman–Crippen MR) is 97.2 cm³/mol. The molecule has 1 aliphatic heterocycles. The molecule has 1 aromatic carbocycles. The van der Waals surface area contributed by atoms with Crippen molar-refractivity contribution in [1.29, 1.82) is 0 Å². The number of nitrogens with zero attached hydrogens (tertiary/aromatic N) is 4. The molecule has 0 unspecified atom stereocenters. The fraction of sp³-hybridized carbons (Fsp3) is 0.250. The standard InChI is InChI=1S/C20H19FN4O2/c1-24-18-8-10-25(11-15(18)17(12-26)23-24)20(27)14-6-4-13(5-7-14)19-16(21)3-2-9-22-19/h2-7,9,26H,8,10-12H2,1H3. The second-order valence-corrected chi connectivity index (χ2v) is 6.54. The average Bonchev–Trinajstić information content (AvgIpc) is 3.03. The lowest BCUT2D eigenvalue weighted by Gasteiger charge is -2.27. The van der Waals surface area contributed by atoms with Crippen LogP contribution in [0.2, 0.25) is 0 Å². The number of halogens is 1. The first-order chi connectivity index (χ1) is 13.1. The number of aliphatic hydroxyl groups excluding tert-OH is 1. The highest BCUT2D eigenvalue weighted by Gasteiger charge is 2.27. The highest BCUT2D eigenvalue weighted by molar-refractivity contribution is 5.94. The molecule has 2 aromatic heterocycles. The number of aliphatic hydroxyl groups is 1. The second-order valence-electron chi connectivity index (χ2n) is 6.54. The van der Waals surface area contributed by atoms with Crippen molar-refractivity contribution in [3.05, 3.63) is 70.9 Å².